The molecule has 3 rings (SSSR count). The van der Waals surface area contributed by atoms with Crippen LogP contribution in [0.4, 0.5) is 0 Å². The van der Waals surface area contributed by atoms with Crippen LogP contribution in [0.25, 0.3) is 0 Å². The Morgan fingerprint density at radius 1 is 1.00 bits per heavy atom. The van der Waals surface area contributed by atoms with Gasteiger partial charge in [0.2, 0.25) is 0 Å². The van der Waals surface area contributed by atoms with Crippen LogP contribution in [0.2, 0.25) is 5.04 Å². The average molecular weight is 136 g/mol. The highest BCUT2D eigenvalue weighted by atomic mass is 28.1. The topological polar surface area (TPSA) is 0 Å². The molecule has 0 unspecified atom stereocenters. The molecule has 3 saturated carbocycles. The van der Waals surface area contributed by atoms with Gasteiger partial charge in [0.25, 0.3) is 0 Å². The summed E-state index contributed by atoms with van der Waals surface area (Å²) in [5.41, 5.74) is 0. The second kappa shape index (κ2) is 1.78. The average Bonchev–Trinajstić information content (AvgIpc) is 1.90. The molecule has 2 bridgehead atoms. The van der Waals surface area contributed by atoms with E-state index in [9.17, 15) is 0 Å². The molecule has 0 amide bonds. The Kier molecular flexibility index (Phi) is 1.16. The maximum absolute atomic E-state index is 3.87. The second-order valence-electron chi connectivity index (χ2n) is 3.53. The lowest BCUT2D eigenvalue weighted by Crippen LogP contribution is -2.27. The molecule has 0 nitrogen and oxygen atoms in total. The number of rotatable bonds is 0. The van der Waals surface area contributed by atoms with Crippen LogP contribution in [0.5, 0.6) is 0 Å². The number of fused-ring (bicyclic) bond motifs is 3. The molecule has 3 aliphatic rings. The minimum atomic E-state index is 0.571. The summed E-state index contributed by atoms with van der Waals surface area (Å²) in [5.74, 6) is 1.83. The fraction of sp³-hybridized carbons (Fsp3) is 0.875. The maximum Gasteiger partial charge on any atom is 0.0904 e. The summed E-state index contributed by atoms with van der Waals surface area (Å²) in [6.07, 6.45) is 8.42. The summed E-state index contributed by atoms with van der Waals surface area (Å²) in [4.78, 5) is 0. The first-order valence-corrected chi connectivity index (χ1v) is 4.37. The van der Waals surface area contributed by atoms with Crippen molar-refractivity contribution in [3.63, 3.8) is 0 Å². The first-order chi connectivity index (χ1) is 4.29. The predicted molar refractivity (Wildman–Crippen MR) is 39.4 cm³/mol. The van der Waals surface area contributed by atoms with E-state index in [4.69, 9.17) is 0 Å². The van der Waals surface area contributed by atoms with Gasteiger partial charge in [-0.15, -0.1) is 0 Å². The van der Waals surface area contributed by atoms with E-state index in [-0.39, 0.29) is 0 Å². The van der Waals surface area contributed by atoms with Gasteiger partial charge >= 0.3 is 0 Å². The molecule has 3 aliphatic carbocycles. The largest absolute Gasteiger partial charge is 0.0904 e. The van der Waals surface area contributed by atoms with Gasteiger partial charge in [0.15, 0.2) is 0 Å². The molecule has 0 saturated heterocycles. The molecular weight excluding hydrogens is 124 g/mol. The van der Waals surface area contributed by atoms with Crippen molar-refractivity contribution in [2.45, 2.75) is 43.6 Å². The molecule has 0 atom stereocenters. The van der Waals surface area contributed by atoms with Crippen molar-refractivity contribution >= 4 is 10.2 Å². The van der Waals surface area contributed by atoms with E-state index in [1.165, 1.54) is 38.5 Å². The van der Waals surface area contributed by atoms with Gasteiger partial charge in [-0.05, 0) is 24.3 Å². The number of hydrogen-bond acceptors (Lipinski definition) is 0. The number of hydrogen-bond donors (Lipinski definition) is 0. The third kappa shape index (κ3) is 0.916. The monoisotopic (exact) mass is 136 g/mol. The van der Waals surface area contributed by atoms with Crippen LogP contribution in [-0.2, 0) is 0 Å². The van der Waals surface area contributed by atoms with Crippen LogP contribution in [0.1, 0.15) is 38.5 Å². The third-order valence-corrected chi connectivity index (χ3v) is 3.62. The zero-order valence-electron chi connectivity index (χ0n) is 5.74. The molecule has 0 aromatic carbocycles. The molecule has 3 fully saturated rings. The van der Waals surface area contributed by atoms with E-state index in [0.29, 0.717) is 5.04 Å². The van der Waals surface area contributed by atoms with Gasteiger partial charge in [-0.1, -0.05) is 0 Å². The van der Waals surface area contributed by atoms with Crippen molar-refractivity contribution in [1.29, 1.82) is 0 Å². The fourth-order valence-electron chi connectivity index (χ4n) is 2.00. The molecule has 1 heteroatoms. The van der Waals surface area contributed by atoms with Gasteiger partial charge in [0.1, 0.15) is 0 Å². The fourth-order valence-corrected chi connectivity index (χ4v) is 2.37. The van der Waals surface area contributed by atoms with Crippen LogP contribution in [-0.4, -0.2) is 10.2 Å². The van der Waals surface area contributed by atoms with Gasteiger partial charge < -0.3 is 0 Å². The summed E-state index contributed by atoms with van der Waals surface area (Å²) in [6, 6.07) is 0. The van der Waals surface area contributed by atoms with Crippen molar-refractivity contribution in [1.82, 2.24) is 0 Å². The molecule has 0 aromatic rings. The van der Waals surface area contributed by atoms with Crippen molar-refractivity contribution in [2.24, 2.45) is 0 Å². The highest BCUT2D eigenvalue weighted by Gasteiger charge is 2.43. The highest BCUT2D eigenvalue weighted by Crippen LogP contribution is 2.53. The molecular formula is C8H12Si+. The molecule has 0 aromatic heterocycles. The Labute approximate surface area is 60.5 Å². The minimum Gasteiger partial charge on any atom is -0.0292 e. The van der Waals surface area contributed by atoms with Crippen molar-refractivity contribution in [3.8, 4) is 0 Å². The zero-order chi connectivity index (χ0) is 6.32. The second-order valence-corrected chi connectivity index (χ2v) is 4.59. The van der Waals surface area contributed by atoms with Crippen LogP contribution in [0, 0.1) is 5.92 Å². The summed E-state index contributed by atoms with van der Waals surface area (Å²) >= 11 is 0. The summed E-state index contributed by atoms with van der Waals surface area (Å²) in [6.45, 7) is 0. The Morgan fingerprint density at radius 2 is 1.44 bits per heavy atom. The lowest BCUT2D eigenvalue weighted by Gasteiger charge is -2.37. The van der Waals surface area contributed by atoms with E-state index < -0.39 is 0 Å². The Balaban J connectivity index is 2.11. The maximum atomic E-state index is 3.87. The molecule has 0 heterocycles. The van der Waals surface area contributed by atoms with Gasteiger partial charge in [-0.3, -0.25) is 0 Å². The normalized spacial score (nSPS) is 31.0. The molecule has 0 aliphatic heterocycles. The lowest BCUT2D eigenvalue weighted by molar-refractivity contribution is 0.302. The molecule has 47 valence electrons. The van der Waals surface area contributed by atoms with E-state index >= 15 is 0 Å². The van der Waals surface area contributed by atoms with Crippen LogP contribution >= 0.6 is 0 Å². The van der Waals surface area contributed by atoms with E-state index in [0.717, 1.165) is 0 Å². The quantitative estimate of drug-likeness (QED) is 0.354. The third-order valence-electron chi connectivity index (χ3n) is 2.87. The van der Waals surface area contributed by atoms with Crippen LogP contribution in [0.15, 0.2) is 0 Å². The standard InChI is InChI=1S/C8H12Si/c9-8-4-1-7(2-5-8)3-6-8/h1-6H2/q+1. The lowest BCUT2D eigenvalue weighted by atomic mass is 9.70. The van der Waals surface area contributed by atoms with Gasteiger partial charge in [0.05, 0.1) is 25.2 Å². The molecule has 0 N–H and O–H groups in total. The smallest absolute Gasteiger partial charge is 0.0292 e. The summed E-state index contributed by atoms with van der Waals surface area (Å²) in [5, 5.41) is 0.571. The van der Waals surface area contributed by atoms with Crippen molar-refractivity contribution in [3.05, 3.63) is 5.92 Å². The van der Waals surface area contributed by atoms with Crippen LogP contribution in [0.3, 0.4) is 0 Å². The van der Waals surface area contributed by atoms with E-state index in [1.807, 2.05) is 5.92 Å². The first-order valence-electron chi connectivity index (χ1n) is 3.87. The van der Waals surface area contributed by atoms with E-state index in [2.05, 4.69) is 10.2 Å². The van der Waals surface area contributed by atoms with Gasteiger partial charge in [-0.2, -0.15) is 0 Å². The van der Waals surface area contributed by atoms with E-state index in [1.54, 1.807) is 0 Å². The molecule has 9 heavy (non-hydrogen) atoms. The first kappa shape index (κ1) is 5.84. The summed E-state index contributed by atoms with van der Waals surface area (Å²) < 4.78 is 0. The minimum absolute atomic E-state index is 0.571. The summed E-state index contributed by atoms with van der Waals surface area (Å²) in [7, 11) is 3.87. The van der Waals surface area contributed by atoms with Gasteiger partial charge in [0, 0.05) is 10.2 Å². The SMILES string of the molecule is [Si]C12CC[C+](CC1)CC2. The van der Waals surface area contributed by atoms with Crippen LogP contribution < -0.4 is 0 Å². The predicted octanol–water partition coefficient (Wildman–Crippen LogP) is 2.26. The van der Waals surface area contributed by atoms with Gasteiger partial charge in [-0.25, -0.2) is 0 Å². The Hall–Kier alpha value is 0.0869. The molecule has 3 radical (unpaired) electrons. The van der Waals surface area contributed by atoms with Crippen molar-refractivity contribution in [2.75, 3.05) is 0 Å². The Morgan fingerprint density at radius 3 is 1.67 bits per heavy atom. The molecule has 0 spiro atoms. The zero-order valence-corrected chi connectivity index (χ0v) is 6.74. The van der Waals surface area contributed by atoms with Crippen molar-refractivity contribution < 1.29 is 0 Å². The highest BCUT2D eigenvalue weighted by molar-refractivity contribution is 6.15. The Bertz CT molecular complexity index is 98.0.